The summed E-state index contributed by atoms with van der Waals surface area (Å²) in [6, 6.07) is 14.7. The summed E-state index contributed by atoms with van der Waals surface area (Å²) in [6.45, 7) is 1.11. The molecular weight excluding hydrogens is 343 g/mol. The Bertz CT molecular complexity index is 953. The van der Waals surface area contributed by atoms with Crippen LogP contribution in [0, 0.1) is 11.7 Å². The first-order chi connectivity index (χ1) is 13.1. The predicted molar refractivity (Wildman–Crippen MR) is 103 cm³/mol. The Morgan fingerprint density at radius 2 is 2.07 bits per heavy atom. The van der Waals surface area contributed by atoms with Gasteiger partial charge in [0.15, 0.2) is 0 Å². The smallest absolute Gasteiger partial charge is 0.226 e. The molecule has 3 N–H and O–H groups in total. The number of carbonyl (C=O) groups is 1. The molecular formula is C21H23FN4O. The maximum atomic E-state index is 13.6. The number of carbonyl (C=O) groups excluding carboxylic acids is 1. The van der Waals surface area contributed by atoms with Gasteiger partial charge in [0.25, 0.3) is 0 Å². The first-order valence-electron chi connectivity index (χ1n) is 9.18. The number of amides is 1. The number of hydrazine groups is 1. The zero-order chi connectivity index (χ0) is 18.8. The molecule has 2 aromatic carbocycles. The summed E-state index contributed by atoms with van der Waals surface area (Å²) in [5.41, 5.74) is 9.40. The Kier molecular flexibility index (Phi) is 4.92. The third-order valence-electron chi connectivity index (χ3n) is 5.20. The normalized spacial score (nSPS) is 19.5. The molecule has 2 atom stereocenters. The van der Waals surface area contributed by atoms with Crippen molar-refractivity contribution in [2.75, 3.05) is 13.1 Å². The van der Waals surface area contributed by atoms with Gasteiger partial charge in [-0.25, -0.2) is 9.82 Å². The SMILES string of the molecule is Cn1cc(CCNC(=O)C2CNNC2c2ccccc2)c2cc(F)ccc21. The van der Waals surface area contributed by atoms with Crippen LogP contribution in [-0.2, 0) is 18.3 Å². The molecule has 1 aliphatic rings. The summed E-state index contributed by atoms with van der Waals surface area (Å²) >= 11 is 0. The van der Waals surface area contributed by atoms with E-state index in [0.29, 0.717) is 19.5 Å². The van der Waals surface area contributed by atoms with E-state index < -0.39 is 0 Å². The summed E-state index contributed by atoms with van der Waals surface area (Å²) in [4.78, 5) is 12.7. The third-order valence-corrected chi connectivity index (χ3v) is 5.20. The highest BCUT2D eigenvalue weighted by atomic mass is 19.1. The molecule has 5 nitrogen and oxygen atoms in total. The summed E-state index contributed by atoms with van der Waals surface area (Å²) in [5, 5.41) is 3.94. The van der Waals surface area contributed by atoms with Gasteiger partial charge in [-0.1, -0.05) is 30.3 Å². The Morgan fingerprint density at radius 3 is 2.89 bits per heavy atom. The van der Waals surface area contributed by atoms with E-state index in [2.05, 4.69) is 16.2 Å². The van der Waals surface area contributed by atoms with Crippen molar-refractivity contribution >= 4 is 16.8 Å². The van der Waals surface area contributed by atoms with Gasteiger partial charge in [0, 0.05) is 37.2 Å². The number of nitrogens with zero attached hydrogens (tertiary/aromatic N) is 1. The number of rotatable bonds is 5. The van der Waals surface area contributed by atoms with Crippen molar-refractivity contribution in [2.45, 2.75) is 12.5 Å². The van der Waals surface area contributed by atoms with Gasteiger partial charge >= 0.3 is 0 Å². The van der Waals surface area contributed by atoms with Crippen LogP contribution in [0.25, 0.3) is 10.9 Å². The van der Waals surface area contributed by atoms with Crippen LogP contribution < -0.4 is 16.2 Å². The van der Waals surface area contributed by atoms with Crippen LogP contribution in [0.15, 0.2) is 54.7 Å². The Labute approximate surface area is 157 Å². The molecule has 4 rings (SSSR count). The molecule has 3 aromatic rings. The van der Waals surface area contributed by atoms with E-state index in [1.807, 2.05) is 48.1 Å². The second-order valence-electron chi connectivity index (χ2n) is 6.99. The fourth-order valence-corrected chi connectivity index (χ4v) is 3.81. The van der Waals surface area contributed by atoms with E-state index in [1.165, 1.54) is 6.07 Å². The van der Waals surface area contributed by atoms with Gasteiger partial charge in [-0.15, -0.1) is 0 Å². The van der Waals surface area contributed by atoms with Crippen molar-refractivity contribution in [2.24, 2.45) is 13.0 Å². The zero-order valence-corrected chi connectivity index (χ0v) is 15.2. The lowest BCUT2D eigenvalue weighted by Gasteiger charge is -2.18. The van der Waals surface area contributed by atoms with Crippen LogP contribution in [0.4, 0.5) is 4.39 Å². The van der Waals surface area contributed by atoms with Gasteiger partial charge < -0.3 is 9.88 Å². The number of hydrogen-bond donors (Lipinski definition) is 3. The molecule has 2 heterocycles. The maximum absolute atomic E-state index is 13.6. The molecule has 0 aliphatic carbocycles. The molecule has 1 saturated heterocycles. The monoisotopic (exact) mass is 366 g/mol. The number of nitrogens with one attached hydrogen (secondary N) is 3. The summed E-state index contributed by atoms with van der Waals surface area (Å²) in [6.07, 6.45) is 2.66. The van der Waals surface area contributed by atoms with Gasteiger partial charge in [-0.3, -0.25) is 10.2 Å². The Hall–Kier alpha value is -2.70. The molecule has 1 fully saturated rings. The largest absolute Gasteiger partial charge is 0.355 e. The highest BCUT2D eigenvalue weighted by molar-refractivity contribution is 5.84. The fourth-order valence-electron chi connectivity index (χ4n) is 3.81. The molecule has 1 aromatic heterocycles. The van der Waals surface area contributed by atoms with E-state index in [9.17, 15) is 9.18 Å². The second kappa shape index (κ2) is 7.50. The van der Waals surface area contributed by atoms with E-state index in [0.717, 1.165) is 22.0 Å². The average Bonchev–Trinajstić information content (AvgIpc) is 3.28. The van der Waals surface area contributed by atoms with Gasteiger partial charge in [-0.05, 0) is 35.7 Å². The van der Waals surface area contributed by atoms with Gasteiger partial charge in [0.1, 0.15) is 5.82 Å². The number of hydrogen-bond acceptors (Lipinski definition) is 3. The number of benzene rings is 2. The summed E-state index contributed by atoms with van der Waals surface area (Å²) in [5.74, 6) is -0.391. The van der Waals surface area contributed by atoms with Crippen molar-refractivity contribution in [3.05, 3.63) is 71.7 Å². The lowest BCUT2D eigenvalue weighted by Crippen LogP contribution is -2.36. The first kappa shape index (κ1) is 17.7. The van der Waals surface area contributed by atoms with Crippen LogP contribution in [0.5, 0.6) is 0 Å². The molecule has 0 radical (unpaired) electrons. The van der Waals surface area contributed by atoms with Crippen molar-refractivity contribution in [3.8, 4) is 0 Å². The molecule has 2 unspecified atom stereocenters. The van der Waals surface area contributed by atoms with E-state index in [4.69, 9.17) is 0 Å². The van der Waals surface area contributed by atoms with Gasteiger partial charge in [-0.2, -0.15) is 0 Å². The topological polar surface area (TPSA) is 58.1 Å². The van der Waals surface area contributed by atoms with Crippen molar-refractivity contribution < 1.29 is 9.18 Å². The van der Waals surface area contributed by atoms with E-state index in [-0.39, 0.29) is 23.7 Å². The van der Waals surface area contributed by atoms with Crippen molar-refractivity contribution in [3.63, 3.8) is 0 Å². The Morgan fingerprint density at radius 1 is 1.26 bits per heavy atom. The maximum Gasteiger partial charge on any atom is 0.226 e. The van der Waals surface area contributed by atoms with Crippen LogP contribution in [0.2, 0.25) is 0 Å². The third kappa shape index (κ3) is 3.59. The standard InChI is InChI=1S/C21H23FN4O/c1-26-13-15(17-11-16(22)7-8-19(17)26)9-10-23-21(27)18-12-24-25-20(18)14-5-3-2-4-6-14/h2-8,11,13,18,20,24-25H,9-10,12H2,1H3,(H,23,27). The van der Waals surface area contributed by atoms with Crippen LogP contribution in [0.1, 0.15) is 17.2 Å². The molecule has 27 heavy (non-hydrogen) atoms. The van der Waals surface area contributed by atoms with Crippen LogP contribution in [0.3, 0.4) is 0 Å². The van der Waals surface area contributed by atoms with Crippen LogP contribution in [-0.4, -0.2) is 23.6 Å². The zero-order valence-electron chi connectivity index (χ0n) is 15.2. The first-order valence-corrected chi connectivity index (χ1v) is 9.18. The second-order valence-corrected chi connectivity index (χ2v) is 6.99. The fraction of sp³-hybridized carbons (Fsp3) is 0.286. The number of halogens is 1. The number of aromatic nitrogens is 1. The molecule has 0 spiro atoms. The summed E-state index contributed by atoms with van der Waals surface area (Å²) < 4.78 is 15.6. The average molecular weight is 366 g/mol. The van der Waals surface area contributed by atoms with Crippen LogP contribution >= 0.6 is 0 Å². The molecule has 0 saturated carbocycles. The minimum atomic E-state index is -0.243. The highest BCUT2D eigenvalue weighted by Gasteiger charge is 2.33. The van der Waals surface area contributed by atoms with Crippen molar-refractivity contribution in [1.29, 1.82) is 0 Å². The minimum absolute atomic E-state index is 0.0211. The molecule has 6 heteroatoms. The van der Waals surface area contributed by atoms with Gasteiger partial charge in [0.05, 0.1) is 12.0 Å². The molecule has 1 amide bonds. The van der Waals surface area contributed by atoms with Gasteiger partial charge in [0.2, 0.25) is 5.91 Å². The molecule has 0 bridgehead atoms. The number of aryl methyl sites for hydroxylation is 1. The molecule has 140 valence electrons. The molecule has 1 aliphatic heterocycles. The van der Waals surface area contributed by atoms with E-state index in [1.54, 1.807) is 12.1 Å². The number of fused-ring (bicyclic) bond motifs is 1. The van der Waals surface area contributed by atoms with E-state index >= 15 is 0 Å². The van der Waals surface area contributed by atoms with Crippen molar-refractivity contribution in [1.82, 2.24) is 20.7 Å². The minimum Gasteiger partial charge on any atom is -0.355 e. The predicted octanol–water partition coefficient (Wildman–Crippen LogP) is 2.44. The lowest BCUT2D eigenvalue weighted by atomic mass is 9.94. The lowest BCUT2D eigenvalue weighted by molar-refractivity contribution is -0.124. The summed E-state index contributed by atoms with van der Waals surface area (Å²) in [7, 11) is 1.95. The quantitative estimate of drug-likeness (QED) is 0.650. The Balaban J connectivity index is 1.41. The highest BCUT2D eigenvalue weighted by Crippen LogP contribution is 2.25.